The number of carbonyl (C=O) groups is 1. The van der Waals surface area contributed by atoms with E-state index in [4.69, 9.17) is 0 Å². The molecule has 0 radical (unpaired) electrons. The van der Waals surface area contributed by atoms with Crippen molar-refractivity contribution in [2.24, 2.45) is 0 Å². The summed E-state index contributed by atoms with van der Waals surface area (Å²) in [7, 11) is 0. The van der Waals surface area contributed by atoms with Crippen molar-refractivity contribution in [2.75, 3.05) is 12.0 Å². The molecule has 0 fully saturated rings. The van der Waals surface area contributed by atoms with Gasteiger partial charge in [-0.2, -0.15) is 0 Å². The molecule has 1 aromatic rings. The van der Waals surface area contributed by atoms with Gasteiger partial charge in [0.1, 0.15) is 0 Å². The van der Waals surface area contributed by atoms with Gasteiger partial charge in [-0.05, 0) is 25.0 Å². The summed E-state index contributed by atoms with van der Waals surface area (Å²) in [5.41, 5.74) is 0.790. The van der Waals surface area contributed by atoms with Crippen LogP contribution in [0.4, 0.5) is 10.1 Å². The van der Waals surface area contributed by atoms with E-state index in [9.17, 15) is 9.18 Å². The Morgan fingerprint density at radius 2 is 1.93 bits per heavy atom. The molecule has 3 heteroatoms. The van der Waals surface area contributed by atoms with E-state index >= 15 is 0 Å². The van der Waals surface area contributed by atoms with E-state index in [0.29, 0.717) is 19.3 Å². The van der Waals surface area contributed by atoms with Crippen molar-refractivity contribution < 1.29 is 9.18 Å². The molecule has 1 aromatic carbocycles. The highest BCUT2D eigenvalue weighted by Crippen LogP contribution is 2.06. The molecule has 0 bridgehead atoms. The van der Waals surface area contributed by atoms with E-state index in [-0.39, 0.29) is 12.6 Å². The van der Waals surface area contributed by atoms with Crippen molar-refractivity contribution in [3.63, 3.8) is 0 Å². The van der Waals surface area contributed by atoms with Crippen molar-refractivity contribution in [2.45, 2.75) is 19.3 Å². The zero-order valence-corrected chi connectivity index (χ0v) is 8.00. The Bertz CT molecular complexity index is 274. The number of halogens is 1. The Balaban J connectivity index is 2.27. The third-order valence-electron chi connectivity index (χ3n) is 1.85. The summed E-state index contributed by atoms with van der Waals surface area (Å²) < 4.78 is 11.7. The first-order valence-electron chi connectivity index (χ1n) is 4.74. The number of para-hydroxylation sites is 1. The molecule has 1 amide bonds. The molecular formula is C11H14FNO. The molecule has 0 heterocycles. The van der Waals surface area contributed by atoms with Gasteiger partial charge in [-0.1, -0.05) is 18.2 Å². The van der Waals surface area contributed by atoms with Gasteiger partial charge in [-0.15, -0.1) is 0 Å². The first kappa shape index (κ1) is 10.7. The summed E-state index contributed by atoms with van der Waals surface area (Å²) in [6, 6.07) is 9.26. The second kappa shape index (κ2) is 6.13. The van der Waals surface area contributed by atoms with Gasteiger partial charge in [0.05, 0.1) is 6.67 Å². The van der Waals surface area contributed by atoms with Crippen LogP contribution in [0.5, 0.6) is 0 Å². The number of amides is 1. The average molecular weight is 195 g/mol. The van der Waals surface area contributed by atoms with Crippen LogP contribution in [0.1, 0.15) is 19.3 Å². The van der Waals surface area contributed by atoms with Gasteiger partial charge in [0.15, 0.2) is 0 Å². The van der Waals surface area contributed by atoms with Crippen molar-refractivity contribution in [3.8, 4) is 0 Å². The van der Waals surface area contributed by atoms with Crippen molar-refractivity contribution >= 4 is 11.6 Å². The van der Waals surface area contributed by atoms with Gasteiger partial charge >= 0.3 is 0 Å². The second-order valence-electron chi connectivity index (χ2n) is 3.06. The van der Waals surface area contributed by atoms with Crippen LogP contribution in [0, 0.1) is 0 Å². The lowest BCUT2D eigenvalue weighted by Crippen LogP contribution is -2.10. The van der Waals surface area contributed by atoms with E-state index in [0.717, 1.165) is 5.69 Å². The minimum atomic E-state index is -0.349. The Hall–Kier alpha value is -1.38. The number of hydrogen-bond acceptors (Lipinski definition) is 1. The SMILES string of the molecule is O=C(CCCCF)Nc1ccccc1. The summed E-state index contributed by atoms with van der Waals surface area (Å²) in [6.07, 6.45) is 1.45. The normalized spacial score (nSPS) is 9.79. The average Bonchev–Trinajstić information content (AvgIpc) is 2.20. The first-order chi connectivity index (χ1) is 6.83. The molecule has 1 N–H and O–H groups in total. The lowest BCUT2D eigenvalue weighted by atomic mass is 10.2. The summed E-state index contributed by atoms with van der Waals surface area (Å²) in [5, 5.41) is 2.74. The molecular weight excluding hydrogens is 181 g/mol. The van der Waals surface area contributed by atoms with Crippen molar-refractivity contribution in [1.82, 2.24) is 0 Å². The van der Waals surface area contributed by atoms with Crippen molar-refractivity contribution in [1.29, 1.82) is 0 Å². The largest absolute Gasteiger partial charge is 0.326 e. The van der Waals surface area contributed by atoms with Crippen LogP contribution in [0.15, 0.2) is 30.3 Å². The van der Waals surface area contributed by atoms with Crippen molar-refractivity contribution in [3.05, 3.63) is 30.3 Å². The fourth-order valence-corrected chi connectivity index (χ4v) is 1.13. The van der Waals surface area contributed by atoms with Gasteiger partial charge in [-0.25, -0.2) is 0 Å². The molecule has 0 saturated heterocycles. The number of benzene rings is 1. The van der Waals surface area contributed by atoms with E-state index in [1.54, 1.807) is 0 Å². The smallest absolute Gasteiger partial charge is 0.224 e. The third kappa shape index (κ3) is 4.03. The maximum absolute atomic E-state index is 11.7. The van der Waals surface area contributed by atoms with Gasteiger partial charge in [-0.3, -0.25) is 9.18 Å². The van der Waals surface area contributed by atoms with E-state index < -0.39 is 0 Å². The fourth-order valence-electron chi connectivity index (χ4n) is 1.13. The summed E-state index contributed by atoms with van der Waals surface area (Å²) in [6.45, 7) is -0.349. The van der Waals surface area contributed by atoms with Gasteiger partial charge < -0.3 is 5.32 Å². The second-order valence-corrected chi connectivity index (χ2v) is 3.06. The molecule has 0 aliphatic rings. The van der Waals surface area contributed by atoms with Crippen LogP contribution in [0.25, 0.3) is 0 Å². The minimum Gasteiger partial charge on any atom is -0.326 e. The topological polar surface area (TPSA) is 29.1 Å². The van der Waals surface area contributed by atoms with Crippen LogP contribution in [-0.2, 0) is 4.79 Å². The number of anilines is 1. The lowest BCUT2D eigenvalue weighted by Gasteiger charge is -2.03. The quantitative estimate of drug-likeness (QED) is 0.719. The zero-order valence-electron chi connectivity index (χ0n) is 8.00. The van der Waals surface area contributed by atoms with E-state index in [2.05, 4.69) is 5.32 Å². The number of unbranched alkanes of at least 4 members (excludes halogenated alkanes) is 1. The third-order valence-corrected chi connectivity index (χ3v) is 1.85. The number of carbonyl (C=O) groups excluding carboxylic acids is 1. The van der Waals surface area contributed by atoms with Gasteiger partial charge in [0, 0.05) is 12.1 Å². The Morgan fingerprint density at radius 3 is 2.57 bits per heavy atom. The lowest BCUT2D eigenvalue weighted by molar-refractivity contribution is -0.116. The van der Waals surface area contributed by atoms with Crippen LogP contribution in [-0.4, -0.2) is 12.6 Å². The summed E-state index contributed by atoms with van der Waals surface area (Å²) in [4.78, 5) is 11.3. The first-order valence-corrected chi connectivity index (χ1v) is 4.74. The highest BCUT2D eigenvalue weighted by molar-refractivity contribution is 5.90. The number of alkyl halides is 1. The fraction of sp³-hybridized carbons (Fsp3) is 0.364. The van der Waals surface area contributed by atoms with Gasteiger partial charge in [0.25, 0.3) is 0 Å². The molecule has 1 rings (SSSR count). The molecule has 0 atom stereocenters. The van der Waals surface area contributed by atoms with Crippen LogP contribution < -0.4 is 5.32 Å². The van der Waals surface area contributed by atoms with E-state index in [1.165, 1.54) is 0 Å². The molecule has 2 nitrogen and oxygen atoms in total. The number of nitrogens with one attached hydrogen (secondary N) is 1. The maximum atomic E-state index is 11.7. The Morgan fingerprint density at radius 1 is 1.21 bits per heavy atom. The highest BCUT2D eigenvalue weighted by atomic mass is 19.1. The van der Waals surface area contributed by atoms with E-state index in [1.807, 2.05) is 30.3 Å². The molecule has 0 aliphatic carbocycles. The Labute approximate surface area is 83.1 Å². The monoisotopic (exact) mass is 195 g/mol. The standard InChI is InChI=1S/C11H14FNO/c12-9-5-4-8-11(14)13-10-6-2-1-3-7-10/h1-3,6-7H,4-5,8-9H2,(H,13,14). The maximum Gasteiger partial charge on any atom is 0.224 e. The predicted molar refractivity (Wildman–Crippen MR) is 54.9 cm³/mol. The summed E-state index contributed by atoms with van der Waals surface area (Å²) >= 11 is 0. The van der Waals surface area contributed by atoms with Crippen LogP contribution >= 0.6 is 0 Å². The molecule has 76 valence electrons. The number of rotatable bonds is 5. The summed E-state index contributed by atoms with van der Waals surface area (Å²) in [5.74, 6) is -0.0512. The zero-order chi connectivity index (χ0) is 10.2. The van der Waals surface area contributed by atoms with Crippen LogP contribution in [0.3, 0.4) is 0 Å². The Kier molecular flexibility index (Phi) is 4.69. The molecule has 0 spiro atoms. The molecule has 0 aromatic heterocycles. The van der Waals surface area contributed by atoms with Gasteiger partial charge in [0.2, 0.25) is 5.91 Å². The number of hydrogen-bond donors (Lipinski definition) is 1. The highest BCUT2D eigenvalue weighted by Gasteiger charge is 2.00. The predicted octanol–water partition coefficient (Wildman–Crippen LogP) is 2.76. The minimum absolute atomic E-state index is 0.0512. The molecule has 14 heavy (non-hydrogen) atoms. The molecule has 0 unspecified atom stereocenters. The van der Waals surface area contributed by atoms with Crippen LogP contribution in [0.2, 0.25) is 0 Å². The molecule has 0 saturated carbocycles. The molecule has 0 aliphatic heterocycles.